The zero-order chi connectivity index (χ0) is 15.7. The first-order chi connectivity index (χ1) is 10.6. The zero-order valence-corrected chi connectivity index (χ0v) is 13.3. The van der Waals surface area contributed by atoms with Gasteiger partial charge in [-0.15, -0.1) is 0 Å². The van der Waals surface area contributed by atoms with Crippen molar-refractivity contribution in [2.45, 2.75) is 18.9 Å². The van der Waals surface area contributed by atoms with Crippen LogP contribution in [0.1, 0.15) is 12.8 Å². The summed E-state index contributed by atoms with van der Waals surface area (Å²) < 4.78 is 1.84. The number of anilines is 1. The highest BCUT2D eigenvalue weighted by Gasteiger charge is 2.27. The summed E-state index contributed by atoms with van der Waals surface area (Å²) in [4.78, 5) is 22.3. The van der Waals surface area contributed by atoms with Crippen LogP contribution >= 0.6 is 0 Å². The molecule has 2 amide bonds. The smallest absolute Gasteiger partial charge is 0.319 e. The Bertz CT molecular complexity index is 659. The third-order valence-electron chi connectivity index (χ3n) is 4.30. The maximum atomic E-state index is 12.0. The standard InChI is InChI=1S/C15H22N6O/c1-18(2)15(22)19(3)12-5-9-20(10-6-12)14-13-4-7-17-21(13)11-8-16-14/h4,7-8,11-12H,5-6,9-10H2,1-3H3. The van der Waals surface area contributed by atoms with Gasteiger partial charge < -0.3 is 14.7 Å². The van der Waals surface area contributed by atoms with E-state index in [9.17, 15) is 4.79 Å². The van der Waals surface area contributed by atoms with Crippen molar-refractivity contribution in [3.63, 3.8) is 0 Å². The Balaban J connectivity index is 1.69. The lowest BCUT2D eigenvalue weighted by Gasteiger charge is -2.38. The Morgan fingerprint density at radius 1 is 1.23 bits per heavy atom. The van der Waals surface area contributed by atoms with Crippen LogP contribution in [0.2, 0.25) is 0 Å². The van der Waals surface area contributed by atoms with Crippen LogP contribution in [-0.2, 0) is 0 Å². The Morgan fingerprint density at radius 2 is 1.95 bits per heavy atom. The van der Waals surface area contributed by atoms with Crippen LogP contribution < -0.4 is 4.90 Å². The summed E-state index contributed by atoms with van der Waals surface area (Å²) in [5.41, 5.74) is 1.03. The monoisotopic (exact) mass is 302 g/mol. The van der Waals surface area contributed by atoms with Crippen molar-refractivity contribution in [2.24, 2.45) is 0 Å². The van der Waals surface area contributed by atoms with Crippen molar-refractivity contribution in [1.82, 2.24) is 24.4 Å². The summed E-state index contributed by atoms with van der Waals surface area (Å²) in [6.45, 7) is 1.79. The first kappa shape index (κ1) is 14.6. The highest BCUT2D eigenvalue weighted by molar-refractivity contribution is 5.74. The molecule has 0 aromatic carbocycles. The van der Waals surface area contributed by atoms with E-state index < -0.39 is 0 Å². The Kier molecular flexibility index (Phi) is 3.87. The average molecular weight is 302 g/mol. The molecule has 1 saturated heterocycles. The van der Waals surface area contributed by atoms with Gasteiger partial charge in [0.15, 0.2) is 5.82 Å². The summed E-state index contributed by atoms with van der Waals surface area (Å²) in [7, 11) is 5.47. The van der Waals surface area contributed by atoms with E-state index in [0.717, 1.165) is 37.3 Å². The average Bonchev–Trinajstić information content (AvgIpc) is 3.02. The molecule has 0 N–H and O–H groups in total. The van der Waals surface area contributed by atoms with Crippen LogP contribution in [0, 0.1) is 0 Å². The normalized spacial score (nSPS) is 16.0. The lowest BCUT2D eigenvalue weighted by molar-refractivity contribution is 0.155. The molecule has 22 heavy (non-hydrogen) atoms. The van der Waals surface area contributed by atoms with Gasteiger partial charge in [0.05, 0.1) is 6.20 Å². The fourth-order valence-corrected chi connectivity index (χ4v) is 3.02. The van der Waals surface area contributed by atoms with Crippen LogP contribution in [0.5, 0.6) is 0 Å². The van der Waals surface area contributed by atoms with Gasteiger partial charge in [-0.25, -0.2) is 14.3 Å². The molecule has 3 rings (SSSR count). The molecule has 118 valence electrons. The van der Waals surface area contributed by atoms with Gasteiger partial charge in [-0.2, -0.15) is 5.10 Å². The second kappa shape index (κ2) is 5.82. The predicted octanol–water partition coefficient (Wildman–Crippen LogP) is 1.31. The van der Waals surface area contributed by atoms with E-state index in [1.165, 1.54) is 0 Å². The van der Waals surface area contributed by atoms with Crippen molar-refractivity contribution in [3.05, 3.63) is 24.7 Å². The molecule has 1 aliphatic heterocycles. The Morgan fingerprint density at radius 3 is 2.64 bits per heavy atom. The van der Waals surface area contributed by atoms with Crippen LogP contribution in [0.3, 0.4) is 0 Å². The molecule has 2 aromatic rings. The third-order valence-corrected chi connectivity index (χ3v) is 4.30. The number of rotatable bonds is 2. The number of urea groups is 1. The van der Waals surface area contributed by atoms with Gasteiger partial charge in [-0.3, -0.25) is 0 Å². The highest BCUT2D eigenvalue weighted by Crippen LogP contribution is 2.24. The molecule has 1 fully saturated rings. The van der Waals surface area contributed by atoms with Crippen molar-refractivity contribution >= 4 is 17.4 Å². The lowest BCUT2D eigenvalue weighted by atomic mass is 10.0. The maximum Gasteiger partial charge on any atom is 0.319 e. The number of aromatic nitrogens is 3. The summed E-state index contributed by atoms with van der Waals surface area (Å²) in [6, 6.07) is 2.33. The number of carbonyl (C=O) groups is 1. The first-order valence-electron chi connectivity index (χ1n) is 7.55. The fraction of sp³-hybridized carbons (Fsp3) is 0.533. The largest absolute Gasteiger partial charge is 0.355 e. The van der Waals surface area contributed by atoms with E-state index >= 15 is 0 Å². The van der Waals surface area contributed by atoms with Crippen molar-refractivity contribution in [3.8, 4) is 0 Å². The molecule has 0 radical (unpaired) electrons. The van der Waals surface area contributed by atoms with Gasteiger partial charge >= 0.3 is 6.03 Å². The molecule has 0 saturated carbocycles. The van der Waals surface area contributed by atoms with Gasteiger partial charge in [0, 0.05) is 52.7 Å². The van der Waals surface area contributed by atoms with Gasteiger partial charge in [0.25, 0.3) is 0 Å². The second-order valence-corrected chi connectivity index (χ2v) is 5.92. The number of hydrogen-bond acceptors (Lipinski definition) is 4. The van der Waals surface area contributed by atoms with E-state index in [4.69, 9.17) is 0 Å². The molecule has 0 spiro atoms. The molecule has 0 aliphatic carbocycles. The number of fused-ring (bicyclic) bond motifs is 1. The molecule has 0 atom stereocenters. The Labute approximate surface area is 130 Å². The lowest BCUT2D eigenvalue weighted by Crippen LogP contribution is -2.48. The SMILES string of the molecule is CN(C)C(=O)N(C)C1CCN(c2nccn3nccc23)CC1. The van der Waals surface area contributed by atoms with Crippen molar-refractivity contribution < 1.29 is 4.79 Å². The van der Waals surface area contributed by atoms with Crippen molar-refractivity contribution in [1.29, 1.82) is 0 Å². The third kappa shape index (κ3) is 2.58. The molecule has 7 nitrogen and oxygen atoms in total. The maximum absolute atomic E-state index is 12.0. The second-order valence-electron chi connectivity index (χ2n) is 5.92. The van der Waals surface area contributed by atoms with E-state index in [-0.39, 0.29) is 12.1 Å². The molecular formula is C15H22N6O. The van der Waals surface area contributed by atoms with Gasteiger partial charge in [0.1, 0.15) is 5.52 Å². The van der Waals surface area contributed by atoms with E-state index in [1.54, 1.807) is 31.4 Å². The minimum absolute atomic E-state index is 0.0643. The molecule has 1 aliphatic rings. The molecule has 0 bridgehead atoms. The topological polar surface area (TPSA) is 57.0 Å². The van der Waals surface area contributed by atoms with Gasteiger partial charge in [0.2, 0.25) is 0 Å². The number of hydrogen-bond donors (Lipinski definition) is 0. The zero-order valence-electron chi connectivity index (χ0n) is 13.3. The summed E-state index contributed by atoms with van der Waals surface area (Å²) in [5.74, 6) is 0.972. The quantitative estimate of drug-likeness (QED) is 0.839. The predicted molar refractivity (Wildman–Crippen MR) is 85.1 cm³/mol. The van der Waals surface area contributed by atoms with Crippen LogP contribution in [0.4, 0.5) is 10.6 Å². The molecule has 2 aromatic heterocycles. The number of amides is 2. The first-order valence-corrected chi connectivity index (χ1v) is 7.55. The molecule has 0 unspecified atom stereocenters. The summed E-state index contributed by atoms with van der Waals surface area (Å²) >= 11 is 0. The van der Waals surface area contributed by atoms with Gasteiger partial charge in [-0.1, -0.05) is 0 Å². The van der Waals surface area contributed by atoms with Crippen LogP contribution in [0.25, 0.3) is 5.52 Å². The van der Waals surface area contributed by atoms with Gasteiger partial charge in [-0.05, 0) is 18.9 Å². The minimum atomic E-state index is 0.0643. The fourth-order valence-electron chi connectivity index (χ4n) is 3.02. The number of piperidine rings is 1. The molecule has 3 heterocycles. The summed E-state index contributed by atoms with van der Waals surface area (Å²) in [5, 5.41) is 4.25. The van der Waals surface area contributed by atoms with Crippen molar-refractivity contribution in [2.75, 3.05) is 39.1 Å². The summed E-state index contributed by atoms with van der Waals surface area (Å²) in [6.07, 6.45) is 7.33. The van der Waals surface area contributed by atoms with Crippen LogP contribution in [-0.4, -0.2) is 70.7 Å². The highest BCUT2D eigenvalue weighted by atomic mass is 16.2. The van der Waals surface area contributed by atoms with E-state index in [0.29, 0.717) is 0 Å². The Hall–Kier alpha value is -2.31. The van der Waals surface area contributed by atoms with E-state index in [1.807, 2.05) is 28.7 Å². The number of nitrogens with zero attached hydrogens (tertiary/aromatic N) is 6. The number of carbonyl (C=O) groups excluding carboxylic acids is 1. The van der Waals surface area contributed by atoms with Crippen LogP contribution in [0.15, 0.2) is 24.7 Å². The molecule has 7 heteroatoms. The van der Waals surface area contributed by atoms with E-state index in [2.05, 4.69) is 15.0 Å². The molecular weight excluding hydrogens is 280 g/mol. The minimum Gasteiger partial charge on any atom is -0.355 e.